The van der Waals surface area contributed by atoms with E-state index in [1.165, 1.54) is 4.31 Å². The summed E-state index contributed by atoms with van der Waals surface area (Å²) in [6.45, 7) is 2.52. The largest absolute Gasteiger partial charge is 0.319 e. The molecule has 0 bridgehead atoms. The van der Waals surface area contributed by atoms with E-state index < -0.39 is 10.2 Å². The van der Waals surface area contributed by atoms with Gasteiger partial charge in [0.1, 0.15) is 0 Å². The van der Waals surface area contributed by atoms with E-state index in [4.69, 9.17) is 0 Å². The molecule has 7 nitrogen and oxygen atoms in total. The second-order valence-corrected chi connectivity index (χ2v) is 7.72. The lowest BCUT2D eigenvalue weighted by molar-refractivity contribution is 0.255. The highest BCUT2D eigenvalue weighted by Crippen LogP contribution is 2.21. The van der Waals surface area contributed by atoms with Crippen molar-refractivity contribution < 1.29 is 8.42 Å². The Labute approximate surface area is 127 Å². The Morgan fingerprint density at radius 1 is 1.43 bits per heavy atom. The molecule has 1 aliphatic heterocycles. The first kappa shape index (κ1) is 16.4. The molecule has 1 saturated heterocycles. The van der Waals surface area contributed by atoms with Gasteiger partial charge in [0.05, 0.1) is 6.20 Å². The highest BCUT2D eigenvalue weighted by molar-refractivity contribution is 7.86. The van der Waals surface area contributed by atoms with E-state index >= 15 is 0 Å². The fourth-order valence-electron chi connectivity index (χ4n) is 2.72. The highest BCUT2D eigenvalue weighted by Gasteiger charge is 2.30. The van der Waals surface area contributed by atoms with Crippen molar-refractivity contribution in [2.24, 2.45) is 13.0 Å². The topological polar surface area (TPSA) is 70.5 Å². The lowest BCUT2D eigenvalue weighted by atomic mass is 9.98. The Balaban J connectivity index is 1.95. The van der Waals surface area contributed by atoms with Gasteiger partial charge in [0.25, 0.3) is 10.2 Å². The molecule has 21 heavy (non-hydrogen) atoms. The molecule has 1 aliphatic rings. The van der Waals surface area contributed by atoms with E-state index in [0.29, 0.717) is 25.6 Å². The van der Waals surface area contributed by atoms with Crippen molar-refractivity contribution in [2.75, 3.05) is 33.7 Å². The number of rotatable bonds is 6. The average Bonchev–Trinajstić information content (AvgIpc) is 2.85. The van der Waals surface area contributed by atoms with Crippen LogP contribution in [0.2, 0.25) is 0 Å². The number of piperidine rings is 1. The monoisotopic (exact) mass is 315 g/mol. The van der Waals surface area contributed by atoms with Gasteiger partial charge in [-0.2, -0.15) is 22.1 Å². The molecular formula is C13H25N5O2S. The summed E-state index contributed by atoms with van der Waals surface area (Å²) in [5, 5.41) is 7.23. The summed E-state index contributed by atoms with van der Waals surface area (Å²) in [6, 6.07) is 0. The Hall–Kier alpha value is -0.960. The lowest BCUT2D eigenvalue weighted by Crippen LogP contribution is -2.46. The zero-order valence-electron chi connectivity index (χ0n) is 13.0. The van der Waals surface area contributed by atoms with Crippen molar-refractivity contribution in [1.82, 2.24) is 23.7 Å². The number of aromatic nitrogens is 2. The predicted octanol–water partition coefficient (Wildman–Crippen LogP) is 0.0281. The van der Waals surface area contributed by atoms with Gasteiger partial charge in [0.2, 0.25) is 0 Å². The normalized spacial score (nSPS) is 18.5. The second kappa shape index (κ2) is 6.87. The predicted molar refractivity (Wildman–Crippen MR) is 81.8 cm³/mol. The molecule has 1 aromatic heterocycles. The Kier molecular flexibility index (Phi) is 5.37. The van der Waals surface area contributed by atoms with Crippen LogP contribution in [-0.4, -0.2) is 60.5 Å². The van der Waals surface area contributed by atoms with Crippen molar-refractivity contribution in [3.63, 3.8) is 0 Å². The highest BCUT2D eigenvalue weighted by atomic mass is 32.2. The zero-order valence-corrected chi connectivity index (χ0v) is 13.8. The minimum Gasteiger partial charge on any atom is -0.319 e. The molecule has 2 rings (SSSR count). The van der Waals surface area contributed by atoms with Gasteiger partial charge in [-0.1, -0.05) is 0 Å². The SMILES string of the molecule is CNCC1CCN(S(=O)(=O)N(C)Cc2cnn(C)c2)CC1. The third kappa shape index (κ3) is 4.03. The molecule has 0 spiro atoms. The lowest BCUT2D eigenvalue weighted by Gasteiger charge is -2.33. The van der Waals surface area contributed by atoms with Crippen molar-refractivity contribution in [3.8, 4) is 0 Å². The molecule has 0 saturated carbocycles. The molecule has 0 amide bonds. The average molecular weight is 315 g/mol. The molecule has 120 valence electrons. The summed E-state index contributed by atoms with van der Waals surface area (Å²) in [7, 11) is 2.01. The summed E-state index contributed by atoms with van der Waals surface area (Å²) >= 11 is 0. The van der Waals surface area contributed by atoms with Gasteiger partial charge >= 0.3 is 0 Å². The van der Waals surface area contributed by atoms with E-state index in [0.717, 1.165) is 24.9 Å². The number of hydrogen-bond acceptors (Lipinski definition) is 4. The van der Waals surface area contributed by atoms with Gasteiger partial charge in [-0.3, -0.25) is 4.68 Å². The minimum atomic E-state index is -3.38. The van der Waals surface area contributed by atoms with Gasteiger partial charge in [-0.25, -0.2) is 0 Å². The molecule has 1 aromatic rings. The first-order valence-electron chi connectivity index (χ1n) is 7.27. The number of nitrogens with one attached hydrogen (secondary N) is 1. The van der Waals surface area contributed by atoms with E-state index in [1.54, 1.807) is 22.2 Å². The van der Waals surface area contributed by atoms with Crippen molar-refractivity contribution in [1.29, 1.82) is 0 Å². The van der Waals surface area contributed by atoms with E-state index in [-0.39, 0.29) is 0 Å². The summed E-state index contributed by atoms with van der Waals surface area (Å²) in [5.74, 6) is 0.574. The molecular weight excluding hydrogens is 290 g/mol. The van der Waals surface area contributed by atoms with Crippen LogP contribution in [0.4, 0.5) is 0 Å². The van der Waals surface area contributed by atoms with Crippen LogP contribution in [0.1, 0.15) is 18.4 Å². The molecule has 1 fully saturated rings. The fourth-order valence-corrected chi connectivity index (χ4v) is 4.10. The third-order valence-corrected chi connectivity index (χ3v) is 5.88. The minimum absolute atomic E-state index is 0.354. The molecule has 8 heteroatoms. The Morgan fingerprint density at radius 3 is 2.62 bits per heavy atom. The molecule has 1 N–H and O–H groups in total. The first-order chi connectivity index (χ1) is 9.93. The van der Waals surface area contributed by atoms with Crippen LogP contribution in [0.25, 0.3) is 0 Å². The van der Waals surface area contributed by atoms with Gasteiger partial charge in [0, 0.05) is 45.5 Å². The molecule has 0 unspecified atom stereocenters. The van der Waals surface area contributed by atoms with Crippen LogP contribution in [0, 0.1) is 5.92 Å². The van der Waals surface area contributed by atoms with E-state index in [9.17, 15) is 8.42 Å². The van der Waals surface area contributed by atoms with Crippen LogP contribution in [0.5, 0.6) is 0 Å². The summed E-state index contributed by atoms with van der Waals surface area (Å²) in [6.07, 6.45) is 5.37. The van der Waals surface area contributed by atoms with Gasteiger partial charge in [-0.15, -0.1) is 0 Å². The number of aryl methyl sites for hydroxylation is 1. The second-order valence-electron chi connectivity index (χ2n) is 5.69. The first-order valence-corrected chi connectivity index (χ1v) is 8.66. The van der Waals surface area contributed by atoms with Gasteiger partial charge < -0.3 is 5.32 Å². The molecule has 0 aliphatic carbocycles. The summed E-state index contributed by atoms with van der Waals surface area (Å²) < 4.78 is 29.8. The smallest absolute Gasteiger partial charge is 0.282 e. The van der Waals surface area contributed by atoms with Crippen LogP contribution in [-0.2, 0) is 23.8 Å². The van der Waals surface area contributed by atoms with Gasteiger partial charge in [-0.05, 0) is 32.4 Å². The quantitative estimate of drug-likeness (QED) is 0.804. The molecule has 0 atom stereocenters. The zero-order chi connectivity index (χ0) is 15.5. The Bertz CT molecular complexity index is 549. The molecule has 0 aromatic carbocycles. The van der Waals surface area contributed by atoms with Gasteiger partial charge in [0.15, 0.2) is 0 Å². The van der Waals surface area contributed by atoms with E-state index in [2.05, 4.69) is 10.4 Å². The molecule has 2 heterocycles. The molecule has 0 radical (unpaired) electrons. The van der Waals surface area contributed by atoms with Crippen molar-refractivity contribution >= 4 is 10.2 Å². The van der Waals surface area contributed by atoms with Crippen LogP contribution < -0.4 is 5.32 Å². The number of hydrogen-bond donors (Lipinski definition) is 1. The maximum Gasteiger partial charge on any atom is 0.282 e. The van der Waals surface area contributed by atoms with Crippen LogP contribution in [0.15, 0.2) is 12.4 Å². The van der Waals surface area contributed by atoms with Crippen LogP contribution >= 0.6 is 0 Å². The summed E-state index contributed by atoms with van der Waals surface area (Å²) in [5.41, 5.74) is 0.897. The summed E-state index contributed by atoms with van der Waals surface area (Å²) in [4.78, 5) is 0. The van der Waals surface area contributed by atoms with E-state index in [1.807, 2.05) is 20.3 Å². The maximum atomic E-state index is 12.6. The maximum absolute atomic E-state index is 12.6. The fraction of sp³-hybridized carbons (Fsp3) is 0.769. The van der Waals surface area contributed by atoms with Crippen molar-refractivity contribution in [2.45, 2.75) is 19.4 Å². The number of nitrogens with zero attached hydrogens (tertiary/aromatic N) is 4. The van der Waals surface area contributed by atoms with Crippen LogP contribution in [0.3, 0.4) is 0 Å². The third-order valence-electron chi connectivity index (χ3n) is 3.95. The van der Waals surface area contributed by atoms with Crippen molar-refractivity contribution in [3.05, 3.63) is 18.0 Å². The standard InChI is InChI=1S/C13H25N5O2S/c1-14-8-12-4-6-18(7-5-12)21(19,20)17(3)11-13-9-15-16(2)10-13/h9-10,12,14H,4-8,11H2,1-3H3. The Morgan fingerprint density at radius 2 is 2.10 bits per heavy atom.